The molecular weight excluding hydrogens is 594 g/mol. The van der Waals surface area contributed by atoms with Gasteiger partial charge in [-0.25, -0.2) is 8.42 Å². The van der Waals surface area contributed by atoms with E-state index in [0.29, 0.717) is 29.9 Å². The molecule has 214 valence electrons. The smallest absolute Gasteiger partial charge is 0.229 e. The Balaban J connectivity index is 1.41. The summed E-state index contributed by atoms with van der Waals surface area (Å²) in [6, 6.07) is 15.2. The first-order valence-corrected chi connectivity index (χ1v) is 19.3. The molecule has 0 bridgehead atoms. The van der Waals surface area contributed by atoms with Crippen molar-refractivity contribution >= 4 is 50.9 Å². The third-order valence-corrected chi connectivity index (χ3v) is 13.9. The Morgan fingerprint density at radius 1 is 1.05 bits per heavy atom. The Morgan fingerprint density at radius 3 is 2.51 bits per heavy atom. The van der Waals surface area contributed by atoms with Gasteiger partial charge in [0.25, 0.3) is 0 Å². The van der Waals surface area contributed by atoms with Crippen LogP contribution in [0.15, 0.2) is 40.9 Å². The fourth-order valence-corrected chi connectivity index (χ4v) is 9.38. The summed E-state index contributed by atoms with van der Waals surface area (Å²) in [5.41, 5.74) is 5.49. The van der Waals surface area contributed by atoms with Crippen molar-refractivity contribution in [1.82, 2.24) is 10.3 Å². The molecule has 1 aromatic heterocycles. The number of ether oxygens (including phenoxy) is 1. The number of aromatic amines is 1. The molecule has 0 aliphatic heterocycles. The molecule has 1 heterocycles. The van der Waals surface area contributed by atoms with Gasteiger partial charge in [-0.05, 0) is 95.1 Å². The molecular formula is C29H42BrN3O4SSi. The van der Waals surface area contributed by atoms with Gasteiger partial charge in [0.1, 0.15) is 12.4 Å². The van der Waals surface area contributed by atoms with Crippen LogP contribution in [-0.2, 0) is 27.3 Å². The van der Waals surface area contributed by atoms with E-state index in [-0.39, 0.29) is 6.10 Å². The SMILES string of the molecule is CC[Si](CC)(CC)OC(CNCCOc1ccc2c3c([nH]c2c1)CCCC3)c1ccc(Br)c(NS(C)(=O)=O)c1. The monoisotopic (exact) mass is 635 g/mol. The van der Waals surface area contributed by atoms with Gasteiger partial charge in [-0.2, -0.15) is 0 Å². The normalized spacial score (nSPS) is 14.8. The number of aromatic nitrogens is 1. The van der Waals surface area contributed by atoms with Crippen molar-refractivity contribution < 1.29 is 17.6 Å². The highest BCUT2D eigenvalue weighted by Gasteiger charge is 2.32. The number of halogens is 1. The van der Waals surface area contributed by atoms with Crippen molar-refractivity contribution in [2.45, 2.75) is 70.7 Å². The molecule has 0 fully saturated rings. The number of benzene rings is 2. The second-order valence-electron chi connectivity index (χ2n) is 10.5. The van der Waals surface area contributed by atoms with E-state index in [1.54, 1.807) is 0 Å². The number of nitrogens with one attached hydrogen (secondary N) is 3. The predicted molar refractivity (Wildman–Crippen MR) is 167 cm³/mol. The van der Waals surface area contributed by atoms with Crippen molar-refractivity contribution in [3.63, 3.8) is 0 Å². The van der Waals surface area contributed by atoms with Crippen LogP contribution in [0.2, 0.25) is 18.1 Å². The first-order valence-electron chi connectivity index (χ1n) is 14.1. The van der Waals surface area contributed by atoms with E-state index >= 15 is 0 Å². The molecule has 10 heteroatoms. The summed E-state index contributed by atoms with van der Waals surface area (Å²) in [6.45, 7) is 8.47. The topological polar surface area (TPSA) is 92.4 Å². The van der Waals surface area contributed by atoms with Crippen molar-refractivity contribution in [1.29, 1.82) is 0 Å². The molecule has 3 aromatic rings. The van der Waals surface area contributed by atoms with Gasteiger partial charge in [0.05, 0.1) is 18.0 Å². The number of H-pyrrole nitrogens is 1. The fraction of sp³-hybridized carbons (Fsp3) is 0.517. The first kappa shape index (κ1) is 30.1. The molecule has 4 rings (SSSR count). The van der Waals surface area contributed by atoms with Gasteiger partial charge in [0.2, 0.25) is 10.0 Å². The number of hydrogen-bond donors (Lipinski definition) is 3. The van der Waals surface area contributed by atoms with Gasteiger partial charge in [-0.1, -0.05) is 26.8 Å². The highest BCUT2D eigenvalue weighted by atomic mass is 79.9. The average molecular weight is 637 g/mol. The average Bonchev–Trinajstić information content (AvgIpc) is 3.29. The Kier molecular flexibility index (Phi) is 10.2. The molecule has 0 saturated carbocycles. The van der Waals surface area contributed by atoms with E-state index in [9.17, 15) is 8.42 Å². The molecule has 0 radical (unpaired) electrons. The fourth-order valence-electron chi connectivity index (χ4n) is 5.51. The van der Waals surface area contributed by atoms with Crippen LogP contribution in [0.1, 0.15) is 56.5 Å². The summed E-state index contributed by atoms with van der Waals surface area (Å²) in [7, 11) is -5.32. The van der Waals surface area contributed by atoms with Crippen molar-refractivity contribution in [2.75, 3.05) is 30.7 Å². The Morgan fingerprint density at radius 2 is 1.79 bits per heavy atom. The van der Waals surface area contributed by atoms with E-state index in [1.807, 2.05) is 18.2 Å². The lowest BCUT2D eigenvalue weighted by molar-refractivity contribution is 0.183. The summed E-state index contributed by atoms with van der Waals surface area (Å²) in [6.07, 6.45) is 5.79. The molecule has 1 aliphatic rings. The number of sulfonamides is 1. The zero-order valence-electron chi connectivity index (χ0n) is 23.5. The Labute approximate surface area is 242 Å². The summed E-state index contributed by atoms with van der Waals surface area (Å²) in [4.78, 5) is 3.60. The van der Waals surface area contributed by atoms with Crippen molar-refractivity contribution in [2.24, 2.45) is 0 Å². The zero-order valence-corrected chi connectivity index (χ0v) is 26.9. The maximum atomic E-state index is 11.9. The third kappa shape index (κ3) is 7.67. The van der Waals surface area contributed by atoms with Gasteiger partial charge >= 0.3 is 0 Å². The van der Waals surface area contributed by atoms with E-state index < -0.39 is 18.3 Å². The van der Waals surface area contributed by atoms with Crippen LogP contribution in [-0.4, -0.2) is 47.7 Å². The van der Waals surface area contributed by atoms with Gasteiger partial charge in [0, 0.05) is 40.2 Å². The summed E-state index contributed by atoms with van der Waals surface area (Å²) in [5, 5.41) is 4.85. The maximum absolute atomic E-state index is 11.9. The molecule has 3 N–H and O–H groups in total. The van der Waals surface area contributed by atoms with Gasteiger partial charge in [0.15, 0.2) is 8.32 Å². The van der Waals surface area contributed by atoms with E-state index in [0.717, 1.165) is 54.1 Å². The minimum atomic E-state index is -3.40. The van der Waals surface area contributed by atoms with Crippen LogP contribution in [0.3, 0.4) is 0 Å². The number of anilines is 1. The summed E-state index contributed by atoms with van der Waals surface area (Å²) in [5.74, 6) is 0.870. The number of aryl methyl sites for hydroxylation is 2. The standard InChI is InChI=1S/C29H42BrN3O4SSi/c1-5-39(6-2,7-3)37-29(21-12-15-25(30)28(18-21)33-38(4,34)35)20-31-16-17-36-22-13-14-24-23-10-8-9-11-26(23)32-27(24)19-22/h12-15,18-19,29,31-33H,5-11,16-17,20H2,1-4H3. The first-order chi connectivity index (χ1) is 18.7. The Bertz CT molecular complexity index is 1370. The number of hydrogen-bond acceptors (Lipinski definition) is 5. The van der Waals surface area contributed by atoms with Crippen LogP contribution in [0.5, 0.6) is 5.75 Å². The maximum Gasteiger partial charge on any atom is 0.229 e. The molecule has 39 heavy (non-hydrogen) atoms. The van der Waals surface area contributed by atoms with Gasteiger partial charge in [-0.15, -0.1) is 0 Å². The molecule has 1 atom stereocenters. The largest absolute Gasteiger partial charge is 0.492 e. The predicted octanol–water partition coefficient (Wildman–Crippen LogP) is 6.91. The van der Waals surface area contributed by atoms with Crippen LogP contribution in [0, 0.1) is 0 Å². The number of fused-ring (bicyclic) bond motifs is 3. The van der Waals surface area contributed by atoms with E-state index in [4.69, 9.17) is 9.16 Å². The van der Waals surface area contributed by atoms with Crippen LogP contribution in [0.25, 0.3) is 10.9 Å². The second-order valence-corrected chi connectivity index (χ2v) is 17.8. The summed E-state index contributed by atoms with van der Waals surface area (Å²) >= 11 is 3.47. The molecule has 2 aromatic carbocycles. The van der Waals surface area contributed by atoms with Crippen LogP contribution >= 0.6 is 15.9 Å². The minimum Gasteiger partial charge on any atom is -0.492 e. The van der Waals surface area contributed by atoms with E-state index in [2.05, 4.69) is 69.9 Å². The minimum absolute atomic E-state index is 0.189. The van der Waals surface area contributed by atoms with Gasteiger partial charge in [-0.3, -0.25) is 4.72 Å². The van der Waals surface area contributed by atoms with Crippen molar-refractivity contribution in [3.8, 4) is 5.75 Å². The van der Waals surface area contributed by atoms with E-state index in [1.165, 1.54) is 29.5 Å². The lowest BCUT2D eigenvalue weighted by atomic mass is 9.96. The molecule has 1 unspecified atom stereocenters. The highest BCUT2D eigenvalue weighted by molar-refractivity contribution is 9.10. The third-order valence-electron chi connectivity index (χ3n) is 7.93. The zero-order chi connectivity index (χ0) is 28.0. The quantitative estimate of drug-likeness (QED) is 0.132. The lowest BCUT2D eigenvalue weighted by Gasteiger charge is -2.34. The summed E-state index contributed by atoms with van der Waals surface area (Å²) < 4.78 is 40.1. The lowest BCUT2D eigenvalue weighted by Crippen LogP contribution is -2.40. The van der Waals surface area contributed by atoms with Gasteiger partial charge < -0.3 is 19.5 Å². The highest BCUT2D eigenvalue weighted by Crippen LogP contribution is 2.34. The molecule has 7 nitrogen and oxygen atoms in total. The molecule has 0 amide bonds. The molecule has 1 aliphatic carbocycles. The molecule has 0 spiro atoms. The van der Waals surface area contributed by atoms with Crippen molar-refractivity contribution in [3.05, 3.63) is 57.7 Å². The number of rotatable bonds is 14. The second kappa shape index (κ2) is 13.2. The molecule has 0 saturated heterocycles. The van der Waals surface area contributed by atoms with Crippen LogP contribution < -0.4 is 14.8 Å². The van der Waals surface area contributed by atoms with Crippen LogP contribution in [0.4, 0.5) is 5.69 Å². The Hall–Kier alpha value is -1.85.